The summed E-state index contributed by atoms with van der Waals surface area (Å²) in [5.41, 5.74) is 10.5. The van der Waals surface area contributed by atoms with Gasteiger partial charge in [-0.05, 0) is 26.3 Å². The summed E-state index contributed by atoms with van der Waals surface area (Å²) < 4.78 is 0. The van der Waals surface area contributed by atoms with Crippen LogP contribution in [0, 0.1) is 0 Å². The molecule has 1 aliphatic rings. The van der Waals surface area contributed by atoms with Crippen molar-refractivity contribution in [1.82, 2.24) is 4.90 Å². The minimum absolute atomic E-state index is 0.199. The minimum atomic E-state index is 0.199. The van der Waals surface area contributed by atoms with E-state index in [0.29, 0.717) is 6.04 Å². The lowest BCUT2D eigenvalue weighted by Gasteiger charge is -2.32. The quantitative estimate of drug-likeness (QED) is 0.484. The normalized spacial score (nSPS) is 24.2. The van der Waals surface area contributed by atoms with E-state index >= 15 is 0 Å². The number of piperidine rings is 1. The van der Waals surface area contributed by atoms with E-state index in [1.54, 1.807) is 0 Å². The molecule has 1 fully saturated rings. The number of hydrogen-bond acceptors (Lipinski definition) is 2. The molecule has 13 heavy (non-hydrogen) atoms. The van der Waals surface area contributed by atoms with Gasteiger partial charge >= 0.3 is 0 Å². The molecule has 1 heterocycles. The molecule has 0 aromatic heterocycles. The van der Waals surface area contributed by atoms with Gasteiger partial charge in [-0.25, -0.2) is 0 Å². The number of nitrogens with zero attached hydrogens (tertiary/aromatic N) is 2. The summed E-state index contributed by atoms with van der Waals surface area (Å²) in [5, 5.41) is 0. The van der Waals surface area contributed by atoms with Crippen molar-refractivity contribution < 1.29 is 0 Å². The zero-order valence-corrected chi connectivity index (χ0v) is 8.37. The number of hydrogen-bond donors (Lipinski definition) is 2. The molecule has 0 bridgehead atoms. The molecule has 1 saturated heterocycles. The largest absolute Gasteiger partial charge is 0.370 e. The summed E-state index contributed by atoms with van der Waals surface area (Å²) in [4.78, 5) is 6.44. The first-order chi connectivity index (χ1) is 6.20. The van der Waals surface area contributed by atoms with Crippen LogP contribution in [0.5, 0.6) is 0 Å². The van der Waals surface area contributed by atoms with E-state index in [0.717, 1.165) is 13.1 Å². The maximum absolute atomic E-state index is 5.25. The second-order valence-electron chi connectivity index (χ2n) is 3.69. The molecule has 1 unspecified atom stereocenters. The molecule has 1 atom stereocenters. The highest BCUT2D eigenvalue weighted by Gasteiger charge is 2.16. The van der Waals surface area contributed by atoms with Crippen LogP contribution in [0.2, 0.25) is 0 Å². The third-order valence-corrected chi connectivity index (χ3v) is 2.62. The lowest BCUT2D eigenvalue weighted by Crippen LogP contribution is -2.39. The van der Waals surface area contributed by atoms with Crippen LogP contribution in [0.3, 0.4) is 0 Å². The van der Waals surface area contributed by atoms with Crippen molar-refractivity contribution in [2.75, 3.05) is 19.6 Å². The highest BCUT2D eigenvalue weighted by Crippen LogP contribution is 2.15. The Bertz CT molecular complexity index is 174. The monoisotopic (exact) mass is 184 g/mol. The van der Waals surface area contributed by atoms with E-state index in [9.17, 15) is 0 Å². The molecule has 1 rings (SSSR count). The van der Waals surface area contributed by atoms with Gasteiger partial charge in [-0.1, -0.05) is 6.42 Å². The molecule has 1 aliphatic heterocycles. The van der Waals surface area contributed by atoms with Gasteiger partial charge in [-0.2, -0.15) is 0 Å². The molecule has 0 aliphatic carbocycles. The highest BCUT2D eigenvalue weighted by molar-refractivity contribution is 5.75. The summed E-state index contributed by atoms with van der Waals surface area (Å²) in [6.07, 6.45) is 3.98. The molecule has 0 saturated carbocycles. The van der Waals surface area contributed by atoms with Crippen molar-refractivity contribution in [2.45, 2.75) is 32.2 Å². The summed E-state index contributed by atoms with van der Waals surface area (Å²) in [6, 6.07) is 0.697. The SMILES string of the molecule is CC1CCCCN1CCN=C(N)N. The number of aliphatic imine (C=N–C) groups is 1. The summed E-state index contributed by atoms with van der Waals surface area (Å²) in [6.45, 7) is 5.18. The second-order valence-corrected chi connectivity index (χ2v) is 3.69. The third-order valence-electron chi connectivity index (χ3n) is 2.62. The van der Waals surface area contributed by atoms with Crippen LogP contribution in [0.15, 0.2) is 4.99 Å². The van der Waals surface area contributed by atoms with E-state index in [1.807, 2.05) is 0 Å². The molecule has 4 nitrogen and oxygen atoms in total. The summed E-state index contributed by atoms with van der Waals surface area (Å²) in [5.74, 6) is 0.199. The van der Waals surface area contributed by atoms with Gasteiger partial charge < -0.3 is 11.5 Å². The lowest BCUT2D eigenvalue weighted by molar-refractivity contribution is 0.166. The molecule has 4 N–H and O–H groups in total. The number of likely N-dealkylation sites (tertiary alicyclic amines) is 1. The van der Waals surface area contributed by atoms with Gasteiger partial charge in [0.25, 0.3) is 0 Å². The Morgan fingerprint density at radius 3 is 2.85 bits per heavy atom. The second kappa shape index (κ2) is 5.07. The lowest BCUT2D eigenvalue weighted by atomic mass is 10.0. The Morgan fingerprint density at radius 1 is 1.46 bits per heavy atom. The fourth-order valence-electron chi connectivity index (χ4n) is 1.80. The average Bonchev–Trinajstić information content (AvgIpc) is 2.08. The molecule has 0 aromatic carbocycles. The van der Waals surface area contributed by atoms with Crippen molar-refractivity contribution in [2.24, 2.45) is 16.5 Å². The predicted molar refractivity (Wildman–Crippen MR) is 55.6 cm³/mol. The van der Waals surface area contributed by atoms with Gasteiger partial charge in [0.05, 0.1) is 6.54 Å². The number of nitrogens with two attached hydrogens (primary N) is 2. The summed E-state index contributed by atoms with van der Waals surface area (Å²) in [7, 11) is 0. The average molecular weight is 184 g/mol. The smallest absolute Gasteiger partial charge is 0.185 e. The zero-order valence-electron chi connectivity index (χ0n) is 8.37. The Labute approximate surface area is 80.0 Å². The van der Waals surface area contributed by atoms with Gasteiger partial charge in [0.15, 0.2) is 5.96 Å². The zero-order chi connectivity index (χ0) is 9.68. The van der Waals surface area contributed by atoms with Crippen molar-refractivity contribution >= 4 is 5.96 Å². The van der Waals surface area contributed by atoms with Gasteiger partial charge in [0.1, 0.15) is 0 Å². The van der Waals surface area contributed by atoms with E-state index in [-0.39, 0.29) is 5.96 Å². The molecule has 4 heteroatoms. The molecule has 0 amide bonds. The van der Waals surface area contributed by atoms with Crippen molar-refractivity contribution in [3.63, 3.8) is 0 Å². The first kappa shape index (κ1) is 10.3. The van der Waals surface area contributed by atoms with Crippen molar-refractivity contribution in [3.8, 4) is 0 Å². The molecule has 76 valence electrons. The Hall–Kier alpha value is -0.770. The minimum Gasteiger partial charge on any atom is -0.370 e. The van der Waals surface area contributed by atoms with Gasteiger partial charge in [0.2, 0.25) is 0 Å². The predicted octanol–water partition coefficient (Wildman–Crippen LogP) is 0.134. The van der Waals surface area contributed by atoms with Crippen LogP contribution in [0.4, 0.5) is 0 Å². The Kier molecular flexibility index (Phi) is 4.02. The first-order valence-corrected chi connectivity index (χ1v) is 4.99. The van der Waals surface area contributed by atoms with Crippen LogP contribution in [0.1, 0.15) is 26.2 Å². The Morgan fingerprint density at radius 2 is 2.23 bits per heavy atom. The Balaban J connectivity index is 2.23. The van der Waals surface area contributed by atoms with E-state index in [1.165, 1.54) is 25.8 Å². The molecular formula is C9H20N4. The van der Waals surface area contributed by atoms with Crippen LogP contribution in [-0.4, -0.2) is 36.5 Å². The third kappa shape index (κ3) is 3.63. The number of guanidine groups is 1. The van der Waals surface area contributed by atoms with E-state index in [4.69, 9.17) is 11.5 Å². The van der Waals surface area contributed by atoms with Gasteiger partial charge in [-0.3, -0.25) is 9.89 Å². The van der Waals surface area contributed by atoms with Crippen molar-refractivity contribution in [3.05, 3.63) is 0 Å². The van der Waals surface area contributed by atoms with E-state index in [2.05, 4.69) is 16.8 Å². The van der Waals surface area contributed by atoms with Crippen LogP contribution in [0.25, 0.3) is 0 Å². The molecule has 0 aromatic rings. The standard InChI is InChI=1S/C9H20N4/c1-8-4-2-3-6-13(8)7-5-12-9(10)11/h8H,2-7H2,1H3,(H4,10,11,12). The first-order valence-electron chi connectivity index (χ1n) is 4.99. The topological polar surface area (TPSA) is 67.6 Å². The van der Waals surface area contributed by atoms with E-state index < -0.39 is 0 Å². The van der Waals surface area contributed by atoms with Crippen LogP contribution in [-0.2, 0) is 0 Å². The fourth-order valence-corrected chi connectivity index (χ4v) is 1.80. The van der Waals surface area contributed by atoms with Gasteiger partial charge in [0, 0.05) is 12.6 Å². The maximum atomic E-state index is 5.25. The fraction of sp³-hybridized carbons (Fsp3) is 0.889. The van der Waals surface area contributed by atoms with Crippen molar-refractivity contribution in [1.29, 1.82) is 0 Å². The molecular weight excluding hydrogens is 164 g/mol. The van der Waals surface area contributed by atoms with Crippen LogP contribution >= 0.6 is 0 Å². The summed E-state index contributed by atoms with van der Waals surface area (Å²) >= 11 is 0. The molecule has 0 radical (unpaired) electrons. The number of rotatable bonds is 3. The van der Waals surface area contributed by atoms with Crippen LogP contribution < -0.4 is 11.5 Å². The molecule has 0 spiro atoms. The maximum Gasteiger partial charge on any atom is 0.185 e. The van der Waals surface area contributed by atoms with Gasteiger partial charge in [-0.15, -0.1) is 0 Å². The highest BCUT2D eigenvalue weighted by atomic mass is 15.2.